The van der Waals surface area contributed by atoms with Crippen LogP contribution in [-0.4, -0.2) is 24.5 Å². The zero-order valence-electron chi connectivity index (χ0n) is 12.7. The van der Waals surface area contributed by atoms with Gasteiger partial charge in [-0.2, -0.15) is 0 Å². The van der Waals surface area contributed by atoms with Crippen LogP contribution < -0.4 is 5.32 Å². The van der Waals surface area contributed by atoms with Crippen LogP contribution in [-0.2, 0) is 13.1 Å². The Bertz CT molecular complexity index is 365. The quantitative estimate of drug-likeness (QED) is 0.808. The van der Waals surface area contributed by atoms with Gasteiger partial charge in [0.1, 0.15) is 0 Å². The lowest BCUT2D eigenvalue weighted by molar-refractivity contribution is 0.200. The van der Waals surface area contributed by atoms with E-state index in [1.165, 1.54) is 36.9 Å². The number of hydrogen-bond donors (Lipinski definition) is 1. The lowest BCUT2D eigenvalue weighted by Gasteiger charge is -2.30. The molecule has 1 aromatic rings. The maximum absolute atomic E-state index is 3.45. The van der Waals surface area contributed by atoms with Crippen LogP contribution in [0.5, 0.6) is 0 Å². The van der Waals surface area contributed by atoms with Crippen LogP contribution in [0.4, 0.5) is 0 Å². The van der Waals surface area contributed by atoms with Crippen molar-refractivity contribution in [2.45, 2.75) is 52.2 Å². The first-order chi connectivity index (χ1) is 9.13. The van der Waals surface area contributed by atoms with Crippen LogP contribution in [0.15, 0.2) is 24.3 Å². The number of benzene rings is 1. The molecule has 0 aromatic heterocycles. The Balaban J connectivity index is 1.77. The topological polar surface area (TPSA) is 15.3 Å². The summed E-state index contributed by atoms with van der Waals surface area (Å²) in [5.41, 5.74) is 2.80. The minimum atomic E-state index is 0.549. The summed E-state index contributed by atoms with van der Waals surface area (Å²) in [6, 6.07) is 9.60. The molecule has 0 spiro atoms. The molecule has 1 aromatic carbocycles. The number of nitrogens with zero attached hydrogens (tertiary/aromatic N) is 1. The van der Waals surface area contributed by atoms with Crippen molar-refractivity contribution in [3.63, 3.8) is 0 Å². The third-order valence-electron chi connectivity index (χ3n) is 3.98. The molecule has 0 aliphatic heterocycles. The summed E-state index contributed by atoms with van der Waals surface area (Å²) in [6.07, 6.45) is 4.31. The largest absolute Gasteiger partial charge is 0.310 e. The molecule has 0 atom stereocenters. The van der Waals surface area contributed by atoms with Crippen molar-refractivity contribution < 1.29 is 0 Å². The number of nitrogens with one attached hydrogen (secondary N) is 1. The van der Waals surface area contributed by atoms with Crippen LogP contribution in [0.2, 0.25) is 0 Å². The predicted molar refractivity (Wildman–Crippen MR) is 82.1 cm³/mol. The molecule has 1 saturated carbocycles. The van der Waals surface area contributed by atoms with E-state index < -0.39 is 0 Å². The fourth-order valence-corrected chi connectivity index (χ4v) is 2.58. The van der Waals surface area contributed by atoms with Crippen molar-refractivity contribution in [1.29, 1.82) is 0 Å². The number of hydrogen-bond acceptors (Lipinski definition) is 2. The zero-order chi connectivity index (χ0) is 13.7. The highest BCUT2D eigenvalue weighted by molar-refractivity contribution is 5.22. The molecule has 1 fully saturated rings. The number of rotatable bonds is 7. The molecular weight excluding hydrogens is 232 g/mol. The highest BCUT2D eigenvalue weighted by Gasteiger charge is 2.18. The molecule has 2 rings (SSSR count). The van der Waals surface area contributed by atoms with Gasteiger partial charge in [-0.25, -0.2) is 0 Å². The van der Waals surface area contributed by atoms with Gasteiger partial charge in [0.05, 0.1) is 0 Å². The molecule has 1 N–H and O–H groups in total. The van der Waals surface area contributed by atoms with E-state index in [0.717, 1.165) is 19.0 Å². The molecule has 0 unspecified atom stereocenters. The second-order valence-corrected chi connectivity index (χ2v) is 6.35. The van der Waals surface area contributed by atoms with E-state index in [4.69, 9.17) is 0 Å². The van der Waals surface area contributed by atoms with Gasteiger partial charge < -0.3 is 10.2 Å². The average molecular weight is 260 g/mol. The van der Waals surface area contributed by atoms with E-state index in [1.54, 1.807) is 0 Å². The summed E-state index contributed by atoms with van der Waals surface area (Å²) in [7, 11) is 2.24. The van der Waals surface area contributed by atoms with Gasteiger partial charge in [-0.05, 0) is 36.9 Å². The Morgan fingerprint density at radius 1 is 1.16 bits per heavy atom. The highest BCUT2D eigenvalue weighted by atomic mass is 15.1. The zero-order valence-corrected chi connectivity index (χ0v) is 12.7. The summed E-state index contributed by atoms with van der Waals surface area (Å²) >= 11 is 0. The SMILES string of the molecule is CC(C)NCc1ccc(CN(C)CC2CCC2)cc1. The van der Waals surface area contributed by atoms with Gasteiger partial charge in [-0.3, -0.25) is 0 Å². The van der Waals surface area contributed by atoms with Gasteiger partial charge in [-0.15, -0.1) is 0 Å². The third-order valence-corrected chi connectivity index (χ3v) is 3.98. The summed E-state index contributed by atoms with van der Waals surface area (Å²) in [5.74, 6) is 0.958. The summed E-state index contributed by atoms with van der Waals surface area (Å²) in [6.45, 7) is 7.68. The van der Waals surface area contributed by atoms with E-state index in [-0.39, 0.29) is 0 Å². The second-order valence-electron chi connectivity index (χ2n) is 6.35. The van der Waals surface area contributed by atoms with E-state index in [0.29, 0.717) is 6.04 Å². The highest BCUT2D eigenvalue weighted by Crippen LogP contribution is 2.27. The third kappa shape index (κ3) is 4.96. The summed E-state index contributed by atoms with van der Waals surface area (Å²) in [5, 5.41) is 3.45. The minimum Gasteiger partial charge on any atom is -0.310 e. The van der Waals surface area contributed by atoms with Crippen molar-refractivity contribution in [2.24, 2.45) is 5.92 Å². The van der Waals surface area contributed by atoms with Crippen LogP contribution in [0.1, 0.15) is 44.2 Å². The maximum Gasteiger partial charge on any atom is 0.0230 e. The van der Waals surface area contributed by atoms with Crippen LogP contribution in [0, 0.1) is 5.92 Å². The lowest BCUT2D eigenvalue weighted by Crippen LogP contribution is -2.29. The fraction of sp³-hybridized carbons (Fsp3) is 0.647. The van der Waals surface area contributed by atoms with Gasteiger partial charge in [0.15, 0.2) is 0 Å². The summed E-state index contributed by atoms with van der Waals surface area (Å²) < 4.78 is 0. The van der Waals surface area contributed by atoms with Gasteiger partial charge in [0, 0.05) is 25.7 Å². The van der Waals surface area contributed by atoms with Crippen molar-refractivity contribution in [2.75, 3.05) is 13.6 Å². The van der Waals surface area contributed by atoms with Crippen LogP contribution in [0.25, 0.3) is 0 Å². The van der Waals surface area contributed by atoms with Crippen LogP contribution in [0.3, 0.4) is 0 Å². The molecule has 1 aliphatic rings. The molecule has 19 heavy (non-hydrogen) atoms. The predicted octanol–water partition coefficient (Wildman–Crippen LogP) is 3.42. The maximum atomic E-state index is 3.45. The molecule has 0 amide bonds. The molecule has 106 valence electrons. The fourth-order valence-electron chi connectivity index (χ4n) is 2.58. The minimum absolute atomic E-state index is 0.549. The first-order valence-electron chi connectivity index (χ1n) is 7.63. The normalized spacial score (nSPS) is 16.1. The Morgan fingerprint density at radius 3 is 2.32 bits per heavy atom. The van der Waals surface area contributed by atoms with Crippen molar-refractivity contribution in [3.8, 4) is 0 Å². The molecule has 0 heterocycles. The van der Waals surface area contributed by atoms with E-state index in [2.05, 4.69) is 55.4 Å². The van der Waals surface area contributed by atoms with E-state index in [9.17, 15) is 0 Å². The van der Waals surface area contributed by atoms with Crippen LogP contribution >= 0.6 is 0 Å². The molecule has 0 saturated heterocycles. The molecule has 2 nitrogen and oxygen atoms in total. The lowest BCUT2D eigenvalue weighted by atomic mass is 9.85. The van der Waals surface area contributed by atoms with E-state index >= 15 is 0 Å². The molecule has 1 aliphatic carbocycles. The molecule has 0 radical (unpaired) electrons. The van der Waals surface area contributed by atoms with Crippen molar-refractivity contribution >= 4 is 0 Å². The van der Waals surface area contributed by atoms with Gasteiger partial charge in [-0.1, -0.05) is 44.5 Å². The first-order valence-corrected chi connectivity index (χ1v) is 7.63. The summed E-state index contributed by atoms with van der Waals surface area (Å²) in [4.78, 5) is 2.46. The first kappa shape index (κ1) is 14.5. The van der Waals surface area contributed by atoms with Crippen molar-refractivity contribution in [3.05, 3.63) is 35.4 Å². The molecule has 2 heteroatoms. The second kappa shape index (κ2) is 7.06. The van der Waals surface area contributed by atoms with Gasteiger partial charge >= 0.3 is 0 Å². The van der Waals surface area contributed by atoms with E-state index in [1.807, 2.05) is 0 Å². The Morgan fingerprint density at radius 2 is 1.79 bits per heavy atom. The Kier molecular flexibility index (Phi) is 5.41. The smallest absolute Gasteiger partial charge is 0.0230 e. The van der Waals surface area contributed by atoms with Gasteiger partial charge in [0.2, 0.25) is 0 Å². The Hall–Kier alpha value is -0.860. The standard InChI is InChI=1S/C17H28N2/c1-14(2)18-11-15-7-9-17(10-8-15)13-19(3)12-16-5-4-6-16/h7-10,14,16,18H,4-6,11-13H2,1-3H3. The molecule has 0 bridgehead atoms. The monoisotopic (exact) mass is 260 g/mol. The molecular formula is C17H28N2. The average Bonchev–Trinajstić information content (AvgIpc) is 2.33. The Labute approximate surface area is 118 Å². The van der Waals surface area contributed by atoms with Crippen molar-refractivity contribution in [1.82, 2.24) is 10.2 Å². The van der Waals surface area contributed by atoms with Gasteiger partial charge in [0.25, 0.3) is 0 Å².